The Balaban J connectivity index is 1.97. The molecular formula is C26H36O3Si. The summed E-state index contributed by atoms with van der Waals surface area (Å²) in [6.07, 6.45) is 2.71. The smallest absolute Gasteiger partial charge is 0.308 e. The third-order valence-corrected chi connectivity index (χ3v) is 11.5. The number of hydrogen-bond acceptors (Lipinski definition) is 3. The fourth-order valence-electron chi connectivity index (χ4n) is 4.94. The van der Waals surface area contributed by atoms with Crippen LogP contribution in [0.25, 0.3) is 0 Å². The monoisotopic (exact) mass is 424 g/mol. The zero-order chi connectivity index (χ0) is 21.8. The molecule has 1 fully saturated rings. The maximum Gasteiger partial charge on any atom is 0.308 e. The van der Waals surface area contributed by atoms with E-state index in [2.05, 4.69) is 88.4 Å². The summed E-state index contributed by atoms with van der Waals surface area (Å²) in [7, 11) is -2.56. The Kier molecular flexibility index (Phi) is 7.20. The minimum Gasteiger partial charge on any atom is -0.466 e. The predicted molar refractivity (Wildman–Crippen MR) is 126 cm³/mol. The molecule has 1 aliphatic rings. The van der Waals surface area contributed by atoms with E-state index < -0.39 is 8.32 Å². The van der Waals surface area contributed by atoms with Crippen molar-refractivity contribution in [1.82, 2.24) is 0 Å². The minimum absolute atomic E-state index is 0.000969. The summed E-state index contributed by atoms with van der Waals surface area (Å²) in [5.74, 6) is 0.266. The van der Waals surface area contributed by atoms with Crippen molar-refractivity contribution in [3.8, 4) is 0 Å². The molecule has 4 heteroatoms. The van der Waals surface area contributed by atoms with E-state index in [1.54, 1.807) is 0 Å². The summed E-state index contributed by atoms with van der Waals surface area (Å²) in [5.41, 5.74) is 0. The van der Waals surface area contributed by atoms with Gasteiger partial charge in [0.15, 0.2) is 0 Å². The summed E-state index contributed by atoms with van der Waals surface area (Å²) < 4.78 is 12.6. The van der Waals surface area contributed by atoms with Gasteiger partial charge in [0.2, 0.25) is 0 Å². The third-order valence-electron chi connectivity index (χ3n) is 6.46. The molecule has 0 spiro atoms. The van der Waals surface area contributed by atoms with Gasteiger partial charge in [-0.1, -0.05) is 88.4 Å². The van der Waals surface area contributed by atoms with Crippen molar-refractivity contribution in [2.75, 3.05) is 6.61 Å². The molecule has 3 rings (SSSR count). The summed E-state index contributed by atoms with van der Waals surface area (Å²) in [6.45, 7) is 11.5. The molecule has 0 amide bonds. The largest absolute Gasteiger partial charge is 0.466 e. The van der Waals surface area contributed by atoms with E-state index >= 15 is 0 Å². The standard InChI is InChI=1S/C26H36O3Si/c1-6-28-25(27)21-17-18-24(20(2)19-21)29-30(26(3,4)5,22-13-9-7-10-14-22)23-15-11-8-12-16-23/h7-16,20-21,24H,6,17-19H2,1-5H3/t20-,21+,24-/m1/s1. The number of hydrogen-bond donors (Lipinski definition) is 0. The molecule has 1 aliphatic carbocycles. The summed E-state index contributed by atoms with van der Waals surface area (Å²) >= 11 is 0. The van der Waals surface area contributed by atoms with Crippen LogP contribution in [-0.4, -0.2) is 27.0 Å². The van der Waals surface area contributed by atoms with E-state index in [4.69, 9.17) is 9.16 Å². The molecule has 0 aromatic heterocycles. The van der Waals surface area contributed by atoms with Crippen molar-refractivity contribution in [3.05, 3.63) is 60.7 Å². The van der Waals surface area contributed by atoms with Gasteiger partial charge >= 0.3 is 5.97 Å². The quantitative estimate of drug-likeness (QED) is 0.487. The van der Waals surface area contributed by atoms with Crippen molar-refractivity contribution in [2.24, 2.45) is 11.8 Å². The second-order valence-electron chi connectivity index (χ2n) is 9.56. The molecule has 0 heterocycles. The zero-order valence-corrected chi connectivity index (χ0v) is 20.1. The van der Waals surface area contributed by atoms with E-state index in [1.807, 2.05) is 6.92 Å². The van der Waals surface area contributed by atoms with Crippen LogP contribution in [0.15, 0.2) is 60.7 Å². The number of rotatable bonds is 6. The lowest BCUT2D eigenvalue weighted by molar-refractivity contribution is -0.150. The maximum absolute atomic E-state index is 12.3. The van der Waals surface area contributed by atoms with Crippen LogP contribution < -0.4 is 10.4 Å². The number of esters is 1. The first-order valence-electron chi connectivity index (χ1n) is 11.2. The van der Waals surface area contributed by atoms with Crippen LogP contribution in [0.3, 0.4) is 0 Å². The molecule has 2 aromatic carbocycles. The maximum atomic E-state index is 12.3. The summed E-state index contributed by atoms with van der Waals surface area (Å²) in [4.78, 5) is 12.3. The second kappa shape index (κ2) is 9.48. The topological polar surface area (TPSA) is 35.5 Å². The van der Waals surface area contributed by atoms with Gasteiger partial charge in [-0.3, -0.25) is 4.79 Å². The Morgan fingerprint density at radius 3 is 1.93 bits per heavy atom. The number of benzene rings is 2. The average Bonchev–Trinajstić information content (AvgIpc) is 2.73. The number of carbonyl (C=O) groups excluding carboxylic acids is 1. The Labute approximate surface area is 182 Å². The van der Waals surface area contributed by atoms with Gasteiger partial charge in [0.1, 0.15) is 0 Å². The molecule has 0 aliphatic heterocycles. The van der Waals surface area contributed by atoms with Crippen LogP contribution in [0.5, 0.6) is 0 Å². The van der Waals surface area contributed by atoms with Crippen molar-refractivity contribution in [2.45, 2.75) is 65.0 Å². The van der Waals surface area contributed by atoms with Gasteiger partial charge in [-0.15, -0.1) is 0 Å². The highest BCUT2D eigenvalue weighted by molar-refractivity contribution is 6.99. The van der Waals surface area contributed by atoms with Gasteiger partial charge in [-0.25, -0.2) is 0 Å². The molecule has 3 atom stereocenters. The molecule has 30 heavy (non-hydrogen) atoms. The van der Waals surface area contributed by atoms with E-state index in [0.717, 1.165) is 19.3 Å². The third kappa shape index (κ3) is 4.55. The van der Waals surface area contributed by atoms with Crippen molar-refractivity contribution < 1.29 is 14.0 Å². The molecular weight excluding hydrogens is 388 g/mol. The lowest BCUT2D eigenvalue weighted by atomic mass is 9.80. The zero-order valence-electron chi connectivity index (χ0n) is 19.1. The van der Waals surface area contributed by atoms with E-state index in [1.165, 1.54) is 10.4 Å². The highest BCUT2D eigenvalue weighted by Gasteiger charge is 2.52. The normalized spacial score (nSPS) is 22.5. The lowest BCUT2D eigenvalue weighted by Crippen LogP contribution is -2.68. The molecule has 0 bridgehead atoms. The minimum atomic E-state index is -2.56. The molecule has 0 N–H and O–H groups in total. The fraction of sp³-hybridized carbons (Fsp3) is 0.500. The van der Waals surface area contributed by atoms with Gasteiger partial charge < -0.3 is 9.16 Å². The van der Waals surface area contributed by atoms with Crippen molar-refractivity contribution in [1.29, 1.82) is 0 Å². The van der Waals surface area contributed by atoms with E-state index in [9.17, 15) is 4.79 Å². The molecule has 2 aromatic rings. The van der Waals surface area contributed by atoms with E-state index in [0.29, 0.717) is 12.5 Å². The fourth-order valence-corrected chi connectivity index (χ4v) is 9.76. The molecule has 0 unspecified atom stereocenters. The Hall–Kier alpha value is -1.91. The van der Waals surface area contributed by atoms with Crippen LogP contribution in [0.2, 0.25) is 5.04 Å². The molecule has 1 saturated carbocycles. The number of ether oxygens (including phenoxy) is 1. The van der Waals surface area contributed by atoms with Crippen LogP contribution in [0.4, 0.5) is 0 Å². The molecule has 162 valence electrons. The SMILES string of the molecule is CCOC(=O)[C@H]1CC[C@@H](O[Si](c2ccccc2)(c2ccccc2)C(C)(C)C)[C@H](C)C1. The van der Waals surface area contributed by atoms with Gasteiger partial charge in [0, 0.05) is 6.10 Å². The highest BCUT2D eigenvalue weighted by Crippen LogP contribution is 2.41. The first kappa shape index (κ1) is 22.8. The number of carbonyl (C=O) groups is 1. The summed E-state index contributed by atoms with van der Waals surface area (Å²) in [5, 5.41) is 2.58. The first-order valence-corrected chi connectivity index (χ1v) is 13.2. The molecule has 3 nitrogen and oxygen atoms in total. The van der Waals surface area contributed by atoms with Crippen molar-refractivity contribution >= 4 is 24.7 Å². The van der Waals surface area contributed by atoms with Crippen molar-refractivity contribution in [3.63, 3.8) is 0 Å². The van der Waals surface area contributed by atoms with Crippen LogP contribution in [0, 0.1) is 11.8 Å². The highest BCUT2D eigenvalue weighted by atomic mass is 28.4. The van der Waals surface area contributed by atoms with Gasteiger partial charge in [0.05, 0.1) is 12.5 Å². The van der Waals surface area contributed by atoms with Crippen LogP contribution in [0.1, 0.15) is 53.9 Å². The van der Waals surface area contributed by atoms with Gasteiger partial charge in [-0.2, -0.15) is 0 Å². The molecule has 0 radical (unpaired) electrons. The van der Waals surface area contributed by atoms with Crippen LogP contribution >= 0.6 is 0 Å². The average molecular weight is 425 g/mol. The van der Waals surface area contributed by atoms with E-state index in [-0.39, 0.29) is 23.0 Å². The predicted octanol–water partition coefficient (Wildman–Crippen LogP) is 4.93. The van der Waals surface area contributed by atoms with Crippen LogP contribution in [-0.2, 0) is 14.0 Å². The Morgan fingerprint density at radius 2 is 1.50 bits per heavy atom. The Bertz CT molecular complexity index is 774. The van der Waals surface area contributed by atoms with Gasteiger partial charge in [-0.05, 0) is 47.5 Å². The second-order valence-corrected chi connectivity index (χ2v) is 13.8. The first-order chi connectivity index (χ1) is 14.3. The Morgan fingerprint density at radius 1 is 0.967 bits per heavy atom. The lowest BCUT2D eigenvalue weighted by Gasteiger charge is -2.47. The van der Waals surface area contributed by atoms with Gasteiger partial charge in [0.25, 0.3) is 8.32 Å². The molecule has 0 saturated heterocycles. The summed E-state index contributed by atoms with van der Waals surface area (Å²) in [6, 6.07) is 21.6.